The minimum absolute atomic E-state index is 0.00364. The third-order valence-electron chi connectivity index (χ3n) is 6.46. The van der Waals surface area contributed by atoms with Crippen LogP contribution in [0.1, 0.15) is 27.8 Å². The number of hydrogen-bond acceptors (Lipinski definition) is 6. The van der Waals surface area contributed by atoms with Crippen LogP contribution in [-0.2, 0) is 10.5 Å². The maximum absolute atomic E-state index is 13.2. The van der Waals surface area contributed by atoms with E-state index < -0.39 is 5.91 Å². The van der Waals surface area contributed by atoms with Gasteiger partial charge in [0.05, 0.1) is 25.6 Å². The number of rotatable bonds is 8. The number of carbonyl (C=O) groups is 1. The van der Waals surface area contributed by atoms with Gasteiger partial charge >= 0.3 is 0 Å². The van der Waals surface area contributed by atoms with Crippen molar-refractivity contribution in [2.24, 2.45) is 0 Å². The van der Waals surface area contributed by atoms with E-state index in [4.69, 9.17) is 9.47 Å². The van der Waals surface area contributed by atoms with E-state index in [1.807, 2.05) is 79.1 Å². The summed E-state index contributed by atoms with van der Waals surface area (Å²) in [6.07, 6.45) is 8.92. The van der Waals surface area contributed by atoms with Gasteiger partial charge in [-0.25, -0.2) is 0 Å². The highest BCUT2D eigenvalue weighted by atomic mass is 32.2. The number of aromatic nitrogens is 2. The third kappa shape index (κ3) is 5.59. The normalized spacial score (nSPS) is 14.2. The Hall–Kier alpha value is -4.74. The quantitative estimate of drug-likeness (QED) is 0.164. The van der Waals surface area contributed by atoms with E-state index >= 15 is 0 Å². The van der Waals surface area contributed by atoms with Crippen molar-refractivity contribution >= 4 is 28.9 Å². The van der Waals surface area contributed by atoms with Crippen molar-refractivity contribution in [2.45, 2.75) is 11.1 Å². The molecule has 0 saturated carbocycles. The molecular weight excluding hydrogens is 508 g/mol. The summed E-state index contributed by atoms with van der Waals surface area (Å²) in [5, 5.41) is 12.9. The minimum atomic E-state index is -0.457. The summed E-state index contributed by atoms with van der Waals surface area (Å²) in [5.41, 5.74) is 5.49. The highest BCUT2D eigenvalue weighted by molar-refractivity contribution is 7.99. The van der Waals surface area contributed by atoms with E-state index in [0.717, 1.165) is 45.2 Å². The summed E-state index contributed by atoms with van der Waals surface area (Å²) in [6.45, 7) is 0. The number of fused-ring (bicyclic) bond motifs is 1. The Morgan fingerprint density at radius 1 is 1.03 bits per heavy atom. The number of nitrogens with zero attached hydrogens (tertiary/aromatic N) is 3. The highest BCUT2D eigenvalue weighted by Gasteiger charge is 2.27. The number of benzene rings is 2. The minimum Gasteiger partial charge on any atom is -0.497 e. The standard InChI is InChI=1S/C31H26N4O3S/c1-37-25-10-5-21(6-11-25)27(22-7-12-26(38-2)13-8-22)14-9-23(18-32)30(36)34-28-15-17-35-29(28)20-39-31(35)24-4-3-16-33-19-24/h3-17,19,31H,20H2,1-2H3,(H,34,36)/t31-/m1/s1. The molecule has 4 aromatic rings. The number of anilines is 1. The van der Waals surface area contributed by atoms with Crippen molar-refractivity contribution in [3.63, 3.8) is 0 Å². The maximum atomic E-state index is 13.2. The number of nitrogens with one attached hydrogen (secondary N) is 1. The molecule has 1 atom stereocenters. The zero-order chi connectivity index (χ0) is 27.2. The van der Waals surface area contributed by atoms with Crippen molar-refractivity contribution in [3.8, 4) is 17.6 Å². The van der Waals surface area contributed by atoms with Crippen LogP contribution < -0.4 is 14.8 Å². The lowest BCUT2D eigenvalue weighted by Crippen LogP contribution is -2.14. The first-order chi connectivity index (χ1) is 19.1. The molecule has 8 heteroatoms. The molecule has 0 saturated heterocycles. The predicted molar refractivity (Wildman–Crippen MR) is 153 cm³/mol. The van der Waals surface area contributed by atoms with Gasteiger partial charge in [0.15, 0.2) is 0 Å². The molecule has 7 nitrogen and oxygen atoms in total. The molecule has 2 aromatic carbocycles. The Morgan fingerprint density at radius 2 is 1.69 bits per heavy atom. The molecule has 1 aliphatic heterocycles. The molecular formula is C31H26N4O3S. The van der Waals surface area contributed by atoms with Gasteiger partial charge in [0.1, 0.15) is 28.5 Å². The average molecular weight is 535 g/mol. The number of hydrogen-bond donors (Lipinski definition) is 1. The molecule has 3 heterocycles. The molecule has 0 bridgehead atoms. The molecule has 1 aliphatic rings. The molecule has 0 aliphatic carbocycles. The van der Waals surface area contributed by atoms with Gasteiger partial charge in [-0.05, 0) is 59.2 Å². The second-order valence-corrected chi connectivity index (χ2v) is 9.79. The van der Waals surface area contributed by atoms with Crippen molar-refractivity contribution in [3.05, 3.63) is 125 Å². The van der Waals surface area contributed by atoms with Gasteiger partial charge in [-0.15, -0.1) is 11.8 Å². The topological polar surface area (TPSA) is 89.2 Å². The number of allylic oxidation sites excluding steroid dienone is 2. The highest BCUT2D eigenvalue weighted by Crippen LogP contribution is 2.43. The second-order valence-electron chi connectivity index (χ2n) is 8.72. The van der Waals surface area contributed by atoms with Gasteiger partial charge < -0.3 is 19.4 Å². The van der Waals surface area contributed by atoms with Crippen LogP contribution in [0, 0.1) is 11.3 Å². The Bertz CT molecular complexity index is 1520. The van der Waals surface area contributed by atoms with Crippen LogP contribution >= 0.6 is 11.8 Å². The summed E-state index contributed by atoms with van der Waals surface area (Å²) in [5.74, 6) is 1.77. The number of thioether (sulfide) groups is 1. The number of nitriles is 1. The van der Waals surface area contributed by atoms with Crippen LogP contribution in [0.15, 0.2) is 103 Å². The first-order valence-corrected chi connectivity index (χ1v) is 13.3. The summed E-state index contributed by atoms with van der Waals surface area (Å²) >= 11 is 1.77. The molecule has 194 valence electrons. The van der Waals surface area contributed by atoms with E-state index in [0.29, 0.717) is 5.69 Å². The summed E-state index contributed by atoms with van der Waals surface area (Å²) < 4.78 is 12.7. The molecule has 0 radical (unpaired) electrons. The number of methoxy groups -OCH3 is 2. The first-order valence-electron chi connectivity index (χ1n) is 12.2. The predicted octanol–water partition coefficient (Wildman–Crippen LogP) is 6.21. The Kier molecular flexibility index (Phi) is 7.80. The number of amides is 1. The van der Waals surface area contributed by atoms with E-state index in [9.17, 15) is 10.1 Å². The number of pyridine rings is 1. The largest absolute Gasteiger partial charge is 0.497 e. The van der Waals surface area contributed by atoms with Crippen LogP contribution in [0.4, 0.5) is 5.69 Å². The smallest absolute Gasteiger partial charge is 0.266 e. The zero-order valence-corrected chi connectivity index (χ0v) is 22.3. The lowest BCUT2D eigenvalue weighted by molar-refractivity contribution is -0.112. The summed E-state index contributed by atoms with van der Waals surface area (Å²) in [6, 6.07) is 23.2. The van der Waals surface area contributed by atoms with Crippen LogP contribution in [0.25, 0.3) is 5.57 Å². The van der Waals surface area contributed by atoms with Crippen LogP contribution in [-0.4, -0.2) is 29.7 Å². The van der Waals surface area contributed by atoms with Crippen molar-refractivity contribution < 1.29 is 14.3 Å². The third-order valence-corrected chi connectivity index (χ3v) is 7.71. The summed E-state index contributed by atoms with van der Waals surface area (Å²) in [7, 11) is 3.24. The second kappa shape index (κ2) is 11.8. The lowest BCUT2D eigenvalue weighted by Gasteiger charge is -2.12. The number of carbonyl (C=O) groups excluding carboxylic acids is 1. The van der Waals surface area contributed by atoms with Crippen LogP contribution in [0.2, 0.25) is 0 Å². The Morgan fingerprint density at radius 3 is 2.26 bits per heavy atom. The molecule has 0 spiro atoms. The van der Waals surface area contributed by atoms with Crippen LogP contribution in [0.3, 0.4) is 0 Å². The van der Waals surface area contributed by atoms with E-state index in [1.54, 1.807) is 44.3 Å². The zero-order valence-electron chi connectivity index (χ0n) is 21.5. The fourth-order valence-corrected chi connectivity index (χ4v) is 5.71. The Labute approximate surface area is 231 Å². The first kappa shape index (κ1) is 25.9. The SMILES string of the molecule is COc1ccc(C(=CC=C(C#N)C(=O)Nc2ccn3c2CS[C@@H]3c2cccnc2)c2ccc(OC)cc2)cc1. The lowest BCUT2D eigenvalue weighted by atomic mass is 9.96. The van der Waals surface area contributed by atoms with Gasteiger partial charge in [0, 0.05) is 29.9 Å². The monoisotopic (exact) mass is 534 g/mol. The van der Waals surface area contributed by atoms with Gasteiger partial charge in [0.2, 0.25) is 0 Å². The average Bonchev–Trinajstić information content (AvgIpc) is 3.59. The molecule has 0 unspecified atom stereocenters. The van der Waals surface area contributed by atoms with E-state index in [1.165, 1.54) is 0 Å². The molecule has 1 amide bonds. The van der Waals surface area contributed by atoms with Gasteiger partial charge in [-0.2, -0.15) is 5.26 Å². The molecule has 2 aromatic heterocycles. The van der Waals surface area contributed by atoms with Crippen molar-refractivity contribution in [2.75, 3.05) is 19.5 Å². The number of ether oxygens (including phenoxy) is 2. The summed E-state index contributed by atoms with van der Waals surface area (Å²) in [4.78, 5) is 17.4. The van der Waals surface area contributed by atoms with Crippen LogP contribution in [0.5, 0.6) is 11.5 Å². The molecule has 1 N–H and O–H groups in total. The van der Waals surface area contributed by atoms with Crippen molar-refractivity contribution in [1.29, 1.82) is 5.26 Å². The van der Waals surface area contributed by atoms with Gasteiger partial charge in [-0.1, -0.05) is 36.4 Å². The van der Waals surface area contributed by atoms with E-state index in [2.05, 4.69) is 20.9 Å². The maximum Gasteiger partial charge on any atom is 0.266 e. The molecule has 5 rings (SSSR count). The molecule has 39 heavy (non-hydrogen) atoms. The van der Waals surface area contributed by atoms with Gasteiger partial charge in [0.25, 0.3) is 5.91 Å². The molecule has 0 fully saturated rings. The Balaban J connectivity index is 1.42. The van der Waals surface area contributed by atoms with E-state index in [-0.39, 0.29) is 10.9 Å². The van der Waals surface area contributed by atoms with Crippen molar-refractivity contribution in [1.82, 2.24) is 9.55 Å². The fourth-order valence-electron chi connectivity index (χ4n) is 4.40. The fraction of sp³-hybridized carbons (Fsp3) is 0.129. The van der Waals surface area contributed by atoms with Gasteiger partial charge in [-0.3, -0.25) is 9.78 Å².